The molecular weight excluding hydrogens is 432 g/mol. The largest absolute Gasteiger partial charge is 0.468 e. The standard InChI is InChI=1S/C22H26N4O5S/c1-16-6-12-19(13-7-16)32(29,30)26-20(21(27)31-2)5-3-4-14-24-22(28)25-18-10-8-17(15-23)9-11-18/h6-13,20,26H,3-5,14H2,1-2H3,(H2,24,25,28). The molecule has 0 bridgehead atoms. The molecule has 1 atom stereocenters. The van der Waals surface area contributed by atoms with Crippen LogP contribution in [0.2, 0.25) is 0 Å². The number of aryl methyl sites for hydroxylation is 1. The number of amides is 2. The van der Waals surface area contributed by atoms with Crippen molar-refractivity contribution < 1.29 is 22.7 Å². The highest BCUT2D eigenvalue weighted by atomic mass is 32.2. The molecule has 9 nitrogen and oxygen atoms in total. The molecule has 2 rings (SSSR count). The molecule has 0 aliphatic carbocycles. The van der Waals surface area contributed by atoms with Gasteiger partial charge in [-0.15, -0.1) is 0 Å². The summed E-state index contributed by atoms with van der Waals surface area (Å²) in [5, 5.41) is 14.1. The van der Waals surface area contributed by atoms with E-state index in [4.69, 9.17) is 10.00 Å². The van der Waals surface area contributed by atoms with Crippen molar-refractivity contribution in [3.8, 4) is 6.07 Å². The lowest BCUT2D eigenvalue weighted by Gasteiger charge is -2.17. The van der Waals surface area contributed by atoms with Gasteiger partial charge >= 0.3 is 12.0 Å². The van der Waals surface area contributed by atoms with Crippen LogP contribution in [-0.4, -0.2) is 40.1 Å². The molecule has 0 spiro atoms. The number of carbonyl (C=O) groups is 2. The van der Waals surface area contributed by atoms with Crippen LogP contribution in [0.3, 0.4) is 0 Å². The Morgan fingerprint density at radius 3 is 2.31 bits per heavy atom. The smallest absolute Gasteiger partial charge is 0.323 e. The van der Waals surface area contributed by atoms with E-state index >= 15 is 0 Å². The molecule has 10 heteroatoms. The Morgan fingerprint density at radius 1 is 1.06 bits per heavy atom. The van der Waals surface area contributed by atoms with Crippen LogP contribution in [0.1, 0.15) is 30.4 Å². The third-order valence-corrected chi connectivity index (χ3v) is 6.08. The molecule has 0 aromatic heterocycles. The third-order valence-electron chi connectivity index (χ3n) is 4.59. The fourth-order valence-corrected chi connectivity index (χ4v) is 4.04. The maximum Gasteiger partial charge on any atom is 0.323 e. The minimum absolute atomic E-state index is 0.0677. The number of benzene rings is 2. The SMILES string of the molecule is COC(=O)C(CCCCNC(=O)Nc1ccc(C#N)cc1)NS(=O)(=O)c1ccc(C)cc1. The summed E-state index contributed by atoms with van der Waals surface area (Å²) in [6.45, 7) is 2.18. The summed E-state index contributed by atoms with van der Waals surface area (Å²) in [6, 6.07) is 13.3. The summed E-state index contributed by atoms with van der Waals surface area (Å²) >= 11 is 0. The molecule has 3 N–H and O–H groups in total. The maximum atomic E-state index is 12.6. The van der Waals surface area contributed by atoms with E-state index in [9.17, 15) is 18.0 Å². The first-order chi connectivity index (χ1) is 15.2. The van der Waals surface area contributed by atoms with Gasteiger partial charge in [-0.3, -0.25) is 4.79 Å². The number of nitriles is 1. The molecule has 0 aliphatic rings. The highest BCUT2D eigenvalue weighted by molar-refractivity contribution is 7.89. The number of hydrogen-bond acceptors (Lipinski definition) is 6. The molecule has 0 saturated carbocycles. The van der Waals surface area contributed by atoms with Gasteiger partial charge in [-0.25, -0.2) is 13.2 Å². The van der Waals surface area contributed by atoms with Crippen molar-refractivity contribution >= 4 is 27.7 Å². The summed E-state index contributed by atoms with van der Waals surface area (Å²) in [4.78, 5) is 24.0. The van der Waals surface area contributed by atoms with Crippen molar-refractivity contribution in [1.29, 1.82) is 5.26 Å². The van der Waals surface area contributed by atoms with Gasteiger partial charge in [-0.05, 0) is 62.6 Å². The van der Waals surface area contributed by atoms with Crippen LogP contribution in [0.4, 0.5) is 10.5 Å². The lowest BCUT2D eigenvalue weighted by Crippen LogP contribution is -2.41. The summed E-state index contributed by atoms with van der Waals surface area (Å²) in [5.41, 5.74) is 1.97. The normalized spacial score (nSPS) is 11.8. The molecule has 170 valence electrons. The molecule has 2 aromatic carbocycles. The Balaban J connectivity index is 1.80. The van der Waals surface area contributed by atoms with Gasteiger partial charge in [0.2, 0.25) is 10.0 Å². The van der Waals surface area contributed by atoms with Crippen molar-refractivity contribution in [3.05, 3.63) is 59.7 Å². The first-order valence-corrected chi connectivity index (χ1v) is 11.5. The van der Waals surface area contributed by atoms with Crippen molar-refractivity contribution in [3.63, 3.8) is 0 Å². The number of methoxy groups -OCH3 is 1. The molecule has 1 unspecified atom stereocenters. The van der Waals surface area contributed by atoms with Crippen LogP contribution in [0.5, 0.6) is 0 Å². The van der Waals surface area contributed by atoms with Crippen LogP contribution in [0.25, 0.3) is 0 Å². The fraction of sp³-hybridized carbons (Fsp3) is 0.318. The highest BCUT2D eigenvalue weighted by Gasteiger charge is 2.26. The predicted molar refractivity (Wildman–Crippen MR) is 119 cm³/mol. The monoisotopic (exact) mass is 458 g/mol. The zero-order chi connectivity index (χ0) is 23.6. The molecule has 0 saturated heterocycles. The second kappa shape index (κ2) is 11.8. The van der Waals surface area contributed by atoms with Gasteiger partial charge in [0.25, 0.3) is 0 Å². The van der Waals surface area contributed by atoms with Crippen LogP contribution >= 0.6 is 0 Å². The van der Waals surface area contributed by atoms with Crippen LogP contribution in [0, 0.1) is 18.3 Å². The molecule has 0 fully saturated rings. The highest BCUT2D eigenvalue weighted by Crippen LogP contribution is 2.13. The third kappa shape index (κ3) is 7.68. The second-order valence-electron chi connectivity index (χ2n) is 7.08. The zero-order valence-electron chi connectivity index (χ0n) is 17.9. The summed E-state index contributed by atoms with van der Waals surface area (Å²) < 4.78 is 32.3. The van der Waals surface area contributed by atoms with E-state index in [2.05, 4.69) is 15.4 Å². The first kappa shape index (κ1) is 24.8. The number of urea groups is 1. The number of esters is 1. The maximum absolute atomic E-state index is 12.6. The Hall–Kier alpha value is -3.42. The first-order valence-electron chi connectivity index (χ1n) is 9.97. The minimum Gasteiger partial charge on any atom is -0.468 e. The lowest BCUT2D eigenvalue weighted by molar-refractivity contribution is -0.142. The Morgan fingerprint density at radius 2 is 1.72 bits per heavy atom. The molecule has 0 aliphatic heterocycles. The van der Waals surface area contributed by atoms with Crippen LogP contribution in [0.15, 0.2) is 53.4 Å². The summed E-state index contributed by atoms with van der Waals surface area (Å²) in [6.07, 6.45) is 1.23. The van der Waals surface area contributed by atoms with E-state index < -0.39 is 28.1 Å². The Kier molecular flexibility index (Phi) is 9.19. The average Bonchev–Trinajstić information content (AvgIpc) is 2.78. The fourth-order valence-electron chi connectivity index (χ4n) is 2.82. The number of rotatable bonds is 10. The van der Waals surface area contributed by atoms with Gasteiger partial charge < -0.3 is 15.4 Å². The van der Waals surface area contributed by atoms with Crippen LogP contribution < -0.4 is 15.4 Å². The van der Waals surface area contributed by atoms with E-state index in [1.54, 1.807) is 36.4 Å². The Labute approximate surface area is 187 Å². The zero-order valence-corrected chi connectivity index (χ0v) is 18.7. The number of ether oxygens (including phenoxy) is 1. The van der Waals surface area contributed by atoms with Crippen molar-refractivity contribution in [2.24, 2.45) is 0 Å². The van der Waals surface area contributed by atoms with Gasteiger partial charge in [-0.1, -0.05) is 17.7 Å². The van der Waals surface area contributed by atoms with Crippen molar-refractivity contribution in [2.75, 3.05) is 19.0 Å². The average molecular weight is 459 g/mol. The van der Waals surface area contributed by atoms with Crippen LogP contribution in [-0.2, 0) is 19.6 Å². The number of unbranched alkanes of at least 4 members (excludes halogenated alkanes) is 1. The van der Waals surface area contributed by atoms with Gasteiger partial charge in [0.05, 0.1) is 23.6 Å². The summed E-state index contributed by atoms with van der Waals surface area (Å²) in [5.74, 6) is -0.674. The number of hydrogen-bond donors (Lipinski definition) is 3. The molecule has 2 amide bonds. The number of carbonyl (C=O) groups excluding carboxylic acids is 2. The molecule has 2 aromatic rings. The lowest BCUT2D eigenvalue weighted by atomic mass is 10.1. The number of anilines is 1. The van der Waals surface area contributed by atoms with Crippen molar-refractivity contribution in [1.82, 2.24) is 10.0 Å². The number of sulfonamides is 1. The topological polar surface area (TPSA) is 137 Å². The van der Waals surface area contributed by atoms with Gasteiger partial charge in [0.15, 0.2) is 0 Å². The van der Waals surface area contributed by atoms with Crippen molar-refractivity contribution in [2.45, 2.75) is 37.1 Å². The molecule has 32 heavy (non-hydrogen) atoms. The van der Waals surface area contributed by atoms with Gasteiger partial charge in [0.1, 0.15) is 6.04 Å². The van der Waals surface area contributed by atoms with E-state index in [0.717, 1.165) is 5.56 Å². The summed E-state index contributed by atoms with van der Waals surface area (Å²) in [7, 11) is -2.68. The predicted octanol–water partition coefficient (Wildman–Crippen LogP) is 2.68. The molecule has 0 radical (unpaired) electrons. The quantitative estimate of drug-likeness (QED) is 0.370. The molecular formula is C22H26N4O5S. The van der Waals surface area contributed by atoms with Gasteiger partial charge in [-0.2, -0.15) is 9.98 Å². The second-order valence-corrected chi connectivity index (χ2v) is 8.79. The van der Waals surface area contributed by atoms with E-state index in [1.165, 1.54) is 19.2 Å². The number of nitrogens with zero attached hydrogens (tertiary/aromatic N) is 1. The van der Waals surface area contributed by atoms with Gasteiger partial charge in [0, 0.05) is 12.2 Å². The van der Waals surface area contributed by atoms with E-state index in [0.29, 0.717) is 30.6 Å². The molecule has 0 heterocycles. The van der Waals surface area contributed by atoms with E-state index in [-0.39, 0.29) is 11.3 Å². The van der Waals surface area contributed by atoms with E-state index in [1.807, 2.05) is 13.0 Å². The minimum atomic E-state index is -3.88. The Bertz CT molecular complexity index is 1060. The number of nitrogens with one attached hydrogen (secondary N) is 3.